The van der Waals surface area contributed by atoms with E-state index in [4.69, 9.17) is 4.74 Å². The molecule has 4 atom stereocenters. The number of esters is 1. The molecule has 0 N–H and O–H groups in total. The maximum absolute atomic E-state index is 12.0. The second-order valence-electron chi connectivity index (χ2n) is 7.33. The second kappa shape index (κ2) is 6.19. The molecule has 122 valence electrons. The van der Waals surface area contributed by atoms with Crippen LogP contribution in [0, 0.1) is 11.8 Å². The summed E-state index contributed by atoms with van der Waals surface area (Å²) in [4.78, 5) is 14.7. The van der Waals surface area contributed by atoms with Crippen molar-refractivity contribution in [2.75, 3.05) is 13.7 Å². The van der Waals surface area contributed by atoms with Crippen LogP contribution in [0.4, 0.5) is 0 Å². The third-order valence-corrected chi connectivity index (χ3v) is 6.41. The number of rotatable bonds is 3. The Bertz CT molecular complexity index is 484. The van der Waals surface area contributed by atoms with Gasteiger partial charge in [-0.3, -0.25) is 4.90 Å². The van der Waals surface area contributed by atoms with Crippen LogP contribution in [0.2, 0.25) is 0 Å². The number of allylic oxidation sites excluding steroid dienone is 1. The van der Waals surface area contributed by atoms with Crippen LogP contribution in [0.1, 0.15) is 51.9 Å². The predicted octanol–water partition coefficient (Wildman–Crippen LogP) is 3.71. The highest BCUT2D eigenvalue weighted by molar-refractivity contribution is 5.89. The summed E-state index contributed by atoms with van der Waals surface area (Å²) in [5.74, 6) is 1.09. The molecule has 1 aliphatic carbocycles. The van der Waals surface area contributed by atoms with Gasteiger partial charge in [-0.1, -0.05) is 31.9 Å². The summed E-state index contributed by atoms with van der Waals surface area (Å²) in [5.41, 5.74) is 1.14. The van der Waals surface area contributed by atoms with Crippen LogP contribution in [0.5, 0.6) is 0 Å². The quantitative estimate of drug-likeness (QED) is 0.588. The molecule has 0 bridgehead atoms. The Hall–Kier alpha value is -1.09. The Kier molecular flexibility index (Phi) is 4.44. The van der Waals surface area contributed by atoms with Crippen LogP contribution < -0.4 is 0 Å². The number of methoxy groups -OCH3 is 1. The number of ether oxygens (including phenoxy) is 1. The molecule has 0 aromatic carbocycles. The molecular formula is C19H29NO2. The maximum atomic E-state index is 12.0. The smallest absolute Gasteiger partial charge is 0.334 e. The van der Waals surface area contributed by atoms with Crippen molar-refractivity contribution in [3.63, 3.8) is 0 Å². The van der Waals surface area contributed by atoms with Gasteiger partial charge in [-0.05, 0) is 43.9 Å². The maximum Gasteiger partial charge on any atom is 0.334 e. The molecule has 1 saturated heterocycles. The first-order valence-electron chi connectivity index (χ1n) is 8.79. The van der Waals surface area contributed by atoms with Crippen LogP contribution in [0.25, 0.3) is 0 Å². The van der Waals surface area contributed by atoms with E-state index in [9.17, 15) is 4.79 Å². The lowest BCUT2D eigenvalue weighted by Gasteiger charge is -2.55. The molecule has 3 aliphatic rings. The van der Waals surface area contributed by atoms with Crippen molar-refractivity contribution in [2.24, 2.45) is 11.8 Å². The monoisotopic (exact) mass is 303 g/mol. The molecule has 0 unspecified atom stereocenters. The largest absolute Gasteiger partial charge is 0.466 e. The number of carbonyl (C=O) groups excluding carboxylic acids is 1. The van der Waals surface area contributed by atoms with Gasteiger partial charge in [-0.15, -0.1) is 6.58 Å². The number of carbonyl (C=O) groups is 1. The molecule has 3 heteroatoms. The van der Waals surface area contributed by atoms with E-state index in [1.165, 1.54) is 45.6 Å². The summed E-state index contributed by atoms with van der Waals surface area (Å²) in [6.45, 7) is 7.13. The minimum Gasteiger partial charge on any atom is -0.466 e. The minimum absolute atomic E-state index is 0.148. The van der Waals surface area contributed by atoms with Crippen LogP contribution in [0.3, 0.4) is 0 Å². The fourth-order valence-electron chi connectivity index (χ4n) is 5.31. The topological polar surface area (TPSA) is 29.5 Å². The van der Waals surface area contributed by atoms with E-state index >= 15 is 0 Å². The van der Waals surface area contributed by atoms with Crippen molar-refractivity contribution in [1.82, 2.24) is 4.90 Å². The van der Waals surface area contributed by atoms with Gasteiger partial charge in [0.25, 0.3) is 0 Å². The van der Waals surface area contributed by atoms with Gasteiger partial charge >= 0.3 is 5.97 Å². The zero-order valence-electron chi connectivity index (χ0n) is 14.0. The molecule has 0 aromatic rings. The third-order valence-electron chi connectivity index (χ3n) is 6.41. The Morgan fingerprint density at radius 2 is 2.18 bits per heavy atom. The molecule has 3 nitrogen and oxygen atoms in total. The van der Waals surface area contributed by atoms with Crippen molar-refractivity contribution < 1.29 is 9.53 Å². The normalized spacial score (nSPS) is 36.5. The van der Waals surface area contributed by atoms with E-state index in [0.29, 0.717) is 17.9 Å². The Morgan fingerprint density at radius 1 is 1.45 bits per heavy atom. The number of fused-ring (bicyclic) bond motifs is 2. The molecule has 0 radical (unpaired) electrons. The molecule has 3 rings (SSSR count). The summed E-state index contributed by atoms with van der Waals surface area (Å²) in [6, 6.07) is 0.611. The lowest BCUT2D eigenvalue weighted by Crippen LogP contribution is -2.61. The van der Waals surface area contributed by atoms with Gasteiger partial charge in [0.2, 0.25) is 0 Å². The Balaban J connectivity index is 1.90. The third kappa shape index (κ3) is 2.44. The fraction of sp³-hybridized carbons (Fsp3) is 0.737. The summed E-state index contributed by atoms with van der Waals surface area (Å²) in [5, 5.41) is 0. The van der Waals surface area contributed by atoms with Crippen molar-refractivity contribution in [3.8, 4) is 0 Å². The van der Waals surface area contributed by atoms with E-state index in [-0.39, 0.29) is 11.5 Å². The summed E-state index contributed by atoms with van der Waals surface area (Å²) in [6.07, 6.45) is 13.0. The highest BCUT2D eigenvalue weighted by Crippen LogP contribution is 2.52. The van der Waals surface area contributed by atoms with Gasteiger partial charge in [0, 0.05) is 23.7 Å². The van der Waals surface area contributed by atoms with Crippen LogP contribution in [-0.4, -0.2) is 36.1 Å². The van der Waals surface area contributed by atoms with Crippen molar-refractivity contribution in [1.29, 1.82) is 0 Å². The van der Waals surface area contributed by atoms with Crippen molar-refractivity contribution in [3.05, 3.63) is 24.3 Å². The van der Waals surface area contributed by atoms with E-state index in [2.05, 4.69) is 30.6 Å². The lowest BCUT2D eigenvalue weighted by molar-refractivity contribution is -0.137. The molecule has 2 aliphatic heterocycles. The molecule has 2 fully saturated rings. The summed E-state index contributed by atoms with van der Waals surface area (Å²) < 4.78 is 4.97. The molecule has 1 spiro atoms. The van der Waals surface area contributed by atoms with Gasteiger partial charge in [-0.25, -0.2) is 4.79 Å². The average Bonchev–Trinajstić information content (AvgIpc) is 2.97. The predicted molar refractivity (Wildman–Crippen MR) is 88.5 cm³/mol. The first-order valence-corrected chi connectivity index (χ1v) is 8.79. The molecular weight excluding hydrogens is 274 g/mol. The van der Waals surface area contributed by atoms with Gasteiger partial charge in [0.05, 0.1) is 7.11 Å². The first-order chi connectivity index (χ1) is 10.6. The summed E-state index contributed by atoms with van der Waals surface area (Å²) >= 11 is 0. The second-order valence-corrected chi connectivity index (χ2v) is 7.33. The zero-order chi connectivity index (χ0) is 15.7. The Morgan fingerprint density at radius 3 is 2.86 bits per heavy atom. The van der Waals surface area contributed by atoms with E-state index < -0.39 is 0 Å². The van der Waals surface area contributed by atoms with Crippen LogP contribution in [0.15, 0.2) is 24.3 Å². The van der Waals surface area contributed by atoms with Gasteiger partial charge in [-0.2, -0.15) is 0 Å². The van der Waals surface area contributed by atoms with Gasteiger partial charge in [0.15, 0.2) is 0 Å². The van der Waals surface area contributed by atoms with Crippen LogP contribution >= 0.6 is 0 Å². The van der Waals surface area contributed by atoms with E-state index in [1.807, 2.05) is 0 Å². The average molecular weight is 303 g/mol. The van der Waals surface area contributed by atoms with Gasteiger partial charge < -0.3 is 4.74 Å². The molecule has 0 amide bonds. The van der Waals surface area contributed by atoms with Crippen molar-refractivity contribution >= 4 is 5.97 Å². The number of piperidine rings is 1. The lowest BCUT2D eigenvalue weighted by atomic mass is 9.70. The highest BCUT2D eigenvalue weighted by atomic mass is 16.5. The standard InChI is InChI=1S/C19H29NO2/c1-4-14(2)17-8-6-12-19(17)11-5-7-16-10-9-15(13-20(16)19)18(21)22-3/h4,9,14,16-17H,1,5-8,10-13H2,2-3H3/t14-,16+,17+,19+/m0/s1. The Labute approximate surface area is 134 Å². The van der Waals surface area contributed by atoms with E-state index in [1.54, 1.807) is 0 Å². The molecule has 2 heterocycles. The minimum atomic E-state index is -0.148. The molecule has 1 saturated carbocycles. The van der Waals surface area contributed by atoms with Crippen LogP contribution in [-0.2, 0) is 9.53 Å². The van der Waals surface area contributed by atoms with E-state index in [0.717, 1.165) is 18.5 Å². The fourth-order valence-corrected chi connectivity index (χ4v) is 5.31. The zero-order valence-corrected chi connectivity index (χ0v) is 14.0. The number of nitrogens with zero attached hydrogens (tertiary/aromatic N) is 1. The molecule has 0 aromatic heterocycles. The first kappa shape index (κ1) is 15.8. The number of hydrogen-bond acceptors (Lipinski definition) is 3. The highest BCUT2D eigenvalue weighted by Gasteiger charge is 2.52. The summed E-state index contributed by atoms with van der Waals surface area (Å²) in [7, 11) is 1.49. The number of hydrogen-bond donors (Lipinski definition) is 0. The van der Waals surface area contributed by atoms with Crippen molar-refractivity contribution in [2.45, 2.75) is 63.5 Å². The van der Waals surface area contributed by atoms with Gasteiger partial charge in [0.1, 0.15) is 0 Å². The molecule has 22 heavy (non-hydrogen) atoms. The SMILES string of the molecule is C=C[C@H](C)[C@H]1CCC[C@]12CCC[C@@H]1CC=C(C(=O)OC)CN12.